The van der Waals surface area contributed by atoms with Gasteiger partial charge < -0.3 is 9.47 Å². The van der Waals surface area contributed by atoms with Gasteiger partial charge >= 0.3 is 0 Å². The highest BCUT2D eigenvalue weighted by Gasteiger charge is 2.51. The van der Waals surface area contributed by atoms with Gasteiger partial charge in [-0.25, -0.2) is 0 Å². The summed E-state index contributed by atoms with van der Waals surface area (Å²) in [4.78, 5) is 2.49. The van der Waals surface area contributed by atoms with Crippen LogP contribution in [0.4, 0.5) is 17.1 Å². The Morgan fingerprint density at radius 1 is 0.317 bits per heavy atom. The highest BCUT2D eigenvalue weighted by Crippen LogP contribution is 2.62. The smallest absolute Gasteiger partial charge is 0.0754 e. The van der Waals surface area contributed by atoms with Crippen molar-refractivity contribution in [3.05, 3.63) is 265 Å². The van der Waals surface area contributed by atoms with E-state index in [1.807, 2.05) is 0 Å². The minimum atomic E-state index is -0.518. The van der Waals surface area contributed by atoms with Gasteiger partial charge in [-0.3, -0.25) is 0 Å². The second-order valence-electron chi connectivity index (χ2n) is 16.8. The summed E-state index contributed by atoms with van der Waals surface area (Å²) in [5.74, 6) is 0. The minimum Gasteiger partial charge on any atom is -0.309 e. The molecule has 0 saturated carbocycles. The van der Waals surface area contributed by atoms with Crippen LogP contribution in [-0.4, -0.2) is 4.57 Å². The van der Waals surface area contributed by atoms with Crippen LogP contribution in [-0.2, 0) is 5.41 Å². The monoisotopic (exact) mass is 800 g/mol. The Morgan fingerprint density at radius 3 is 1.57 bits per heavy atom. The standard InChI is InChI=1S/C61H40N2/c1-3-18-41(19-4-1)42-34-36-44(37-35-42)47-23-9-14-31-57(47)62(56-30-13-8-22-46(56)43-20-5-2-6-21-43)45-38-39-53-51(40-45)48-24-7-11-27-52(48)61(53)54-28-12-16-33-59(54)63-58-32-15-10-25-49(58)50-26-17-29-55(61)60(50)63/h1-40H. The topological polar surface area (TPSA) is 8.17 Å². The lowest BCUT2D eigenvalue weighted by atomic mass is 9.65. The number of hydrogen-bond donors (Lipinski definition) is 0. The first kappa shape index (κ1) is 35.5. The van der Waals surface area contributed by atoms with E-state index in [-0.39, 0.29) is 0 Å². The summed E-state index contributed by atoms with van der Waals surface area (Å²) in [6.45, 7) is 0. The molecule has 2 aliphatic rings. The van der Waals surface area contributed by atoms with Gasteiger partial charge in [-0.1, -0.05) is 206 Å². The van der Waals surface area contributed by atoms with Gasteiger partial charge in [0.2, 0.25) is 0 Å². The molecule has 1 unspecified atom stereocenters. The molecule has 0 radical (unpaired) electrons. The van der Waals surface area contributed by atoms with Crippen LogP contribution in [0.3, 0.4) is 0 Å². The highest BCUT2D eigenvalue weighted by atomic mass is 15.1. The lowest BCUT2D eigenvalue weighted by Gasteiger charge is -2.39. The number of rotatable bonds is 6. The van der Waals surface area contributed by atoms with Crippen LogP contribution in [0.2, 0.25) is 0 Å². The zero-order chi connectivity index (χ0) is 41.5. The van der Waals surface area contributed by atoms with Crippen molar-refractivity contribution in [2.45, 2.75) is 5.41 Å². The van der Waals surface area contributed by atoms with Gasteiger partial charge in [-0.15, -0.1) is 0 Å². The average Bonchev–Trinajstić information content (AvgIpc) is 3.85. The summed E-state index contributed by atoms with van der Waals surface area (Å²) in [6.07, 6.45) is 0. The van der Waals surface area contributed by atoms with E-state index in [1.165, 1.54) is 88.7 Å². The Bertz CT molecular complexity index is 3560. The molecule has 63 heavy (non-hydrogen) atoms. The third kappa shape index (κ3) is 5.13. The van der Waals surface area contributed by atoms with E-state index in [0.717, 1.165) is 22.6 Å². The Hall–Kier alpha value is -8.20. The van der Waals surface area contributed by atoms with E-state index in [4.69, 9.17) is 0 Å². The molecule has 1 spiro atoms. The Kier molecular flexibility index (Phi) is 7.85. The molecule has 1 aliphatic heterocycles. The number of fused-ring (bicyclic) bond motifs is 12. The van der Waals surface area contributed by atoms with Crippen LogP contribution in [0.5, 0.6) is 0 Å². The number of hydrogen-bond acceptors (Lipinski definition) is 1. The van der Waals surface area contributed by atoms with E-state index in [0.29, 0.717) is 0 Å². The molecule has 0 saturated heterocycles. The quantitative estimate of drug-likeness (QED) is 0.163. The Labute approximate surface area is 367 Å². The van der Waals surface area contributed by atoms with Crippen molar-refractivity contribution in [3.63, 3.8) is 0 Å². The van der Waals surface area contributed by atoms with Gasteiger partial charge in [0.15, 0.2) is 0 Å². The van der Waals surface area contributed by atoms with E-state index in [1.54, 1.807) is 0 Å². The highest BCUT2D eigenvalue weighted by molar-refractivity contribution is 6.13. The molecule has 1 atom stereocenters. The molecule has 2 nitrogen and oxygen atoms in total. The molecule has 1 aromatic heterocycles. The van der Waals surface area contributed by atoms with Crippen molar-refractivity contribution in [2.24, 2.45) is 0 Å². The molecule has 0 bridgehead atoms. The first-order valence-electron chi connectivity index (χ1n) is 21.9. The van der Waals surface area contributed by atoms with Gasteiger partial charge in [0.25, 0.3) is 0 Å². The van der Waals surface area contributed by atoms with Crippen LogP contribution >= 0.6 is 0 Å². The fourth-order valence-corrected chi connectivity index (χ4v) is 11.0. The maximum atomic E-state index is 2.52. The summed E-state index contributed by atoms with van der Waals surface area (Å²) in [5.41, 5.74) is 21.5. The lowest BCUT2D eigenvalue weighted by Crippen LogP contribution is -2.33. The van der Waals surface area contributed by atoms with Gasteiger partial charge in [0.1, 0.15) is 0 Å². The molecule has 2 heterocycles. The predicted octanol–water partition coefficient (Wildman–Crippen LogP) is 15.9. The third-order valence-corrected chi connectivity index (χ3v) is 13.6. The number of anilines is 3. The summed E-state index contributed by atoms with van der Waals surface area (Å²) in [7, 11) is 0. The van der Waals surface area contributed by atoms with Crippen molar-refractivity contribution in [2.75, 3.05) is 4.90 Å². The normalized spacial score (nSPS) is 14.4. The van der Waals surface area contributed by atoms with Gasteiger partial charge in [0.05, 0.1) is 33.5 Å². The molecule has 11 aromatic rings. The van der Waals surface area contributed by atoms with Gasteiger partial charge in [-0.2, -0.15) is 0 Å². The second-order valence-corrected chi connectivity index (χ2v) is 16.8. The van der Waals surface area contributed by atoms with E-state index in [2.05, 4.69) is 252 Å². The summed E-state index contributed by atoms with van der Waals surface area (Å²) in [6, 6.07) is 89.5. The third-order valence-electron chi connectivity index (χ3n) is 13.6. The van der Waals surface area contributed by atoms with Crippen LogP contribution in [0.25, 0.3) is 72.0 Å². The first-order chi connectivity index (χ1) is 31.3. The summed E-state index contributed by atoms with van der Waals surface area (Å²) >= 11 is 0. The molecule has 0 fully saturated rings. The average molecular weight is 801 g/mol. The second kappa shape index (κ2) is 13.9. The van der Waals surface area contributed by atoms with Gasteiger partial charge in [0, 0.05) is 27.6 Å². The fourth-order valence-electron chi connectivity index (χ4n) is 11.0. The van der Waals surface area contributed by atoms with Crippen LogP contribution in [0.15, 0.2) is 243 Å². The largest absolute Gasteiger partial charge is 0.309 e. The molecule has 294 valence electrons. The lowest BCUT2D eigenvalue weighted by molar-refractivity contribution is 0.748. The molecule has 0 N–H and O–H groups in total. The zero-order valence-corrected chi connectivity index (χ0v) is 34.5. The maximum Gasteiger partial charge on any atom is 0.0754 e. The molecular formula is C61H40N2. The predicted molar refractivity (Wildman–Crippen MR) is 263 cm³/mol. The SMILES string of the molecule is c1ccc(-c2ccc(-c3ccccc3N(c3ccc4c(c3)-c3ccccc3C43c4ccccc4-n4c5ccccc5c5cccc3c54)c3ccccc3-c3ccccc3)cc2)cc1. The van der Waals surface area contributed by atoms with E-state index >= 15 is 0 Å². The van der Waals surface area contributed by atoms with Crippen molar-refractivity contribution in [1.82, 2.24) is 4.57 Å². The minimum absolute atomic E-state index is 0.518. The van der Waals surface area contributed by atoms with Crippen molar-refractivity contribution in [3.8, 4) is 50.2 Å². The number of benzene rings is 10. The number of nitrogens with zero attached hydrogens (tertiary/aromatic N) is 2. The van der Waals surface area contributed by atoms with Crippen molar-refractivity contribution in [1.29, 1.82) is 0 Å². The maximum absolute atomic E-state index is 2.52. The Balaban J connectivity index is 1.07. The van der Waals surface area contributed by atoms with E-state index in [9.17, 15) is 0 Å². The van der Waals surface area contributed by atoms with Crippen LogP contribution in [0.1, 0.15) is 22.3 Å². The van der Waals surface area contributed by atoms with Gasteiger partial charge in [-0.05, 0) is 92.0 Å². The summed E-state index contributed by atoms with van der Waals surface area (Å²) in [5, 5.41) is 2.57. The first-order valence-corrected chi connectivity index (χ1v) is 21.9. The van der Waals surface area contributed by atoms with Crippen molar-refractivity contribution < 1.29 is 0 Å². The molecular weight excluding hydrogens is 761 g/mol. The van der Waals surface area contributed by atoms with E-state index < -0.39 is 5.41 Å². The Morgan fingerprint density at radius 2 is 0.825 bits per heavy atom. The molecule has 2 heteroatoms. The number of aromatic nitrogens is 1. The molecule has 0 amide bonds. The van der Waals surface area contributed by atoms with Crippen LogP contribution < -0.4 is 4.90 Å². The molecule has 13 rings (SSSR count). The molecule has 10 aromatic carbocycles. The van der Waals surface area contributed by atoms with Crippen molar-refractivity contribution >= 4 is 38.9 Å². The zero-order valence-electron chi connectivity index (χ0n) is 34.5. The molecule has 1 aliphatic carbocycles. The van der Waals surface area contributed by atoms with Crippen LogP contribution in [0, 0.1) is 0 Å². The number of para-hydroxylation sites is 5. The summed E-state index contributed by atoms with van der Waals surface area (Å²) < 4.78 is 2.52. The fraction of sp³-hybridized carbons (Fsp3) is 0.0164.